The Morgan fingerprint density at radius 1 is 1.15 bits per heavy atom. The average Bonchev–Trinajstić information content (AvgIpc) is 3.37. The molecule has 0 saturated heterocycles. The molecule has 0 amide bonds. The molecule has 1 N–H and O–H groups in total. The Bertz CT molecular complexity index is 1390. The van der Waals surface area contributed by atoms with Crippen molar-refractivity contribution in [3.63, 3.8) is 0 Å². The number of benzene rings is 2. The SMILES string of the molecule is C=CCOC(=O)C1=C(C)Nc2nc(SCc3ccccc3Cl)nn2C1c1ccc(OCCCCCC)c(OCC)c1. The Morgan fingerprint density at radius 2 is 1.98 bits per heavy atom. The van der Waals surface area contributed by atoms with Gasteiger partial charge < -0.3 is 19.5 Å². The van der Waals surface area contributed by atoms with Crippen molar-refractivity contribution < 1.29 is 19.0 Å². The van der Waals surface area contributed by atoms with Crippen molar-refractivity contribution in [2.24, 2.45) is 0 Å². The third-order valence-electron chi connectivity index (χ3n) is 6.54. The molecule has 4 rings (SSSR count). The summed E-state index contributed by atoms with van der Waals surface area (Å²) in [7, 11) is 0. The molecule has 8 nitrogen and oxygen atoms in total. The van der Waals surface area contributed by atoms with Gasteiger partial charge in [0, 0.05) is 16.5 Å². The largest absolute Gasteiger partial charge is 0.490 e. The Labute approximate surface area is 251 Å². The zero-order chi connectivity index (χ0) is 29.2. The number of thioether (sulfide) groups is 1. The standard InChI is InChI=1S/C31H37ClN4O4S/c1-5-8-9-12-18-39-25-16-15-22(19-26(25)38-7-3)28-27(29(37)40-17-6-2)21(4)33-30-34-31(35-36(28)30)41-20-23-13-10-11-14-24(23)32/h6,10-11,13-16,19,28H,2,5,7-9,12,17-18,20H2,1,3-4H3,(H,33,34,35). The number of esters is 1. The fourth-order valence-corrected chi connectivity index (χ4v) is 5.64. The van der Waals surface area contributed by atoms with Gasteiger partial charge in [0.2, 0.25) is 11.1 Å². The van der Waals surface area contributed by atoms with Crippen LogP contribution in [0, 0.1) is 0 Å². The number of fused-ring (bicyclic) bond motifs is 1. The smallest absolute Gasteiger partial charge is 0.338 e. The number of nitrogens with one attached hydrogen (secondary N) is 1. The molecule has 1 unspecified atom stereocenters. The van der Waals surface area contributed by atoms with E-state index in [0.717, 1.165) is 24.0 Å². The number of anilines is 1. The number of carbonyl (C=O) groups excluding carboxylic acids is 1. The first-order chi connectivity index (χ1) is 20.0. The van der Waals surface area contributed by atoms with E-state index in [1.165, 1.54) is 24.6 Å². The quantitative estimate of drug-likeness (QED) is 0.0830. The van der Waals surface area contributed by atoms with Crippen LogP contribution in [-0.2, 0) is 15.3 Å². The van der Waals surface area contributed by atoms with E-state index in [9.17, 15) is 4.79 Å². The van der Waals surface area contributed by atoms with Crippen LogP contribution in [0.15, 0.2) is 71.5 Å². The Kier molecular flexibility index (Phi) is 11.2. The summed E-state index contributed by atoms with van der Waals surface area (Å²) >= 11 is 7.83. The van der Waals surface area contributed by atoms with Gasteiger partial charge in [0.05, 0.1) is 18.8 Å². The van der Waals surface area contributed by atoms with Gasteiger partial charge in [-0.2, -0.15) is 4.98 Å². The second-order valence-electron chi connectivity index (χ2n) is 9.54. The van der Waals surface area contributed by atoms with Gasteiger partial charge in [-0.3, -0.25) is 0 Å². The molecule has 1 aliphatic rings. The first kappa shape index (κ1) is 30.5. The highest BCUT2D eigenvalue weighted by Crippen LogP contribution is 2.40. The number of nitrogens with zero attached hydrogens (tertiary/aromatic N) is 3. The van der Waals surface area contributed by atoms with Gasteiger partial charge >= 0.3 is 5.97 Å². The van der Waals surface area contributed by atoms with Gasteiger partial charge in [-0.25, -0.2) is 9.48 Å². The van der Waals surface area contributed by atoms with Crippen molar-refractivity contribution in [3.05, 3.63) is 82.5 Å². The van der Waals surface area contributed by atoms with Gasteiger partial charge in [0.1, 0.15) is 12.6 Å². The van der Waals surface area contributed by atoms with E-state index in [-0.39, 0.29) is 6.61 Å². The van der Waals surface area contributed by atoms with Crippen LogP contribution in [-0.4, -0.2) is 40.6 Å². The second kappa shape index (κ2) is 15.0. The lowest BCUT2D eigenvalue weighted by Gasteiger charge is -2.28. The van der Waals surface area contributed by atoms with Crippen molar-refractivity contribution in [1.82, 2.24) is 14.8 Å². The van der Waals surface area contributed by atoms with Crippen LogP contribution in [0.2, 0.25) is 5.02 Å². The molecule has 2 heterocycles. The minimum Gasteiger partial charge on any atom is -0.490 e. The molecule has 218 valence electrons. The highest BCUT2D eigenvalue weighted by molar-refractivity contribution is 7.98. The number of halogens is 1. The molecule has 1 aromatic heterocycles. The highest BCUT2D eigenvalue weighted by Gasteiger charge is 2.35. The van der Waals surface area contributed by atoms with E-state index in [1.54, 1.807) is 10.8 Å². The number of unbranched alkanes of at least 4 members (excludes halogenated alkanes) is 3. The number of allylic oxidation sites excluding steroid dienone is 1. The Hall–Kier alpha value is -3.43. The molecule has 0 saturated carbocycles. The molecule has 0 radical (unpaired) electrons. The number of aromatic nitrogens is 3. The molecular formula is C31H37ClN4O4S. The molecule has 0 spiro atoms. The second-order valence-corrected chi connectivity index (χ2v) is 10.9. The number of carbonyl (C=O) groups is 1. The predicted octanol–water partition coefficient (Wildman–Crippen LogP) is 7.60. The minimum absolute atomic E-state index is 0.0977. The lowest BCUT2D eigenvalue weighted by molar-refractivity contribution is -0.138. The van der Waals surface area contributed by atoms with Crippen LogP contribution in [0.1, 0.15) is 63.6 Å². The van der Waals surface area contributed by atoms with Crippen molar-refractivity contribution in [2.45, 2.75) is 63.4 Å². The molecule has 1 aliphatic heterocycles. The maximum Gasteiger partial charge on any atom is 0.338 e. The number of ether oxygens (including phenoxy) is 3. The molecule has 0 aliphatic carbocycles. The summed E-state index contributed by atoms with van der Waals surface area (Å²) in [5, 5.41) is 9.30. The van der Waals surface area contributed by atoms with E-state index < -0.39 is 12.0 Å². The monoisotopic (exact) mass is 596 g/mol. The molecule has 10 heteroatoms. The topological polar surface area (TPSA) is 87.5 Å². The van der Waals surface area contributed by atoms with E-state index in [0.29, 0.717) is 57.9 Å². The summed E-state index contributed by atoms with van der Waals surface area (Å²) in [4.78, 5) is 18.0. The third-order valence-corrected chi connectivity index (χ3v) is 7.79. The maximum absolute atomic E-state index is 13.3. The number of hydrogen-bond donors (Lipinski definition) is 1. The summed E-state index contributed by atoms with van der Waals surface area (Å²) in [6, 6.07) is 12.9. The van der Waals surface area contributed by atoms with E-state index in [2.05, 4.69) is 18.8 Å². The van der Waals surface area contributed by atoms with Gasteiger partial charge in [-0.15, -0.1) is 5.10 Å². The Morgan fingerprint density at radius 3 is 2.73 bits per heavy atom. The van der Waals surface area contributed by atoms with Crippen LogP contribution >= 0.6 is 23.4 Å². The molecule has 2 aromatic carbocycles. The number of rotatable bonds is 15. The summed E-state index contributed by atoms with van der Waals surface area (Å²) in [5.74, 6) is 1.97. The Balaban J connectivity index is 1.67. The van der Waals surface area contributed by atoms with Gasteiger partial charge in [-0.05, 0) is 49.6 Å². The normalized spacial score (nSPS) is 14.3. The minimum atomic E-state index is -0.594. The van der Waals surface area contributed by atoms with Crippen molar-refractivity contribution in [1.29, 1.82) is 0 Å². The zero-order valence-electron chi connectivity index (χ0n) is 23.8. The van der Waals surface area contributed by atoms with Crippen LogP contribution in [0.5, 0.6) is 11.5 Å². The van der Waals surface area contributed by atoms with E-state index >= 15 is 0 Å². The maximum atomic E-state index is 13.3. The first-order valence-corrected chi connectivity index (χ1v) is 15.3. The summed E-state index contributed by atoms with van der Waals surface area (Å²) < 4.78 is 19.3. The fraction of sp³-hybridized carbons (Fsp3) is 0.387. The highest BCUT2D eigenvalue weighted by atomic mass is 35.5. The van der Waals surface area contributed by atoms with Crippen LogP contribution < -0.4 is 14.8 Å². The lowest BCUT2D eigenvalue weighted by Crippen LogP contribution is -2.29. The average molecular weight is 597 g/mol. The van der Waals surface area contributed by atoms with Crippen LogP contribution in [0.4, 0.5) is 5.95 Å². The van der Waals surface area contributed by atoms with Crippen LogP contribution in [0.25, 0.3) is 0 Å². The molecule has 0 bridgehead atoms. The van der Waals surface area contributed by atoms with Crippen molar-refractivity contribution in [3.8, 4) is 11.5 Å². The van der Waals surface area contributed by atoms with Gasteiger partial charge in [0.25, 0.3) is 0 Å². The van der Waals surface area contributed by atoms with Crippen molar-refractivity contribution in [2.75, 3.05) is 25.1 Å². The predicted molar refractivity (Wildman–Crippen MR) is 164 cm³/mol. The van der Waals surface area contributed by atoms with Gasteiger partial charge in [0.15, 0.2) is 11.5 Å². The summed E-state index contributed by atoms with van der Waals surface area (Å²) in [6.07, 6.45) is 6.01. The molecule has 41 heavy (non-hydrogen) atoms. The van der Waals surface area contributed by atoms with E-state index in [4.69, 9.17) is 35.9 Å². The van der Waals surface area contributed by atoms with Crippen LogP contribution in [0.3, 0.4) is 0 Å². The molecule has 0 fully saturated rings. The summed E-state index contributed by atoms with van der Waals surface area (Å²) in [6.45, 7) is 10.8. The third kappa shape index (κ3) is 7.65. The van der Waals surface area contributed by atoms with Gasteiger partial charge in [-0.1, -0.05) is 86.5 Å². The number of hydrogen-bond acceptors (Lipinski definition) is 8. The fourth-order valence-electron chi connectivity index (χ4n) is 4.53. The molecule has 3 aromatic rings. The molecule has 1 atom stereocenters. The lowest BCUT2D eigenvalue weighted by atomic mass is 9.95. The molecular weight excluding hydrogens is 560 g/mol. The summed E-state index contributed by atoms with van der Waals surface area (Å²) in [5.41, 5.74) is 2.86. The zero-order valence-corrected chi connectivity index (χ0v) is 25.4. The van der Waals surface area contributed by atoms with Crippen molar-refractivity contribution >= 4 is 35.3 Å². The van der Waals surface area contributed by atoms with E-state index in [1.807, 2.05) is 56.3 Å². The first-order valence-electron chi connectivity index (χ1n) is 13.9.